The van der Waals surface area contributed by atoms with Crippen LogP contribution in [0.1, 0.15) is 43.9 Å². The molecule has 4 nitrogen and oxygen atoms in total. The zero-order valence-electron chi connectivity index (χ0n) is 13.5. The summed E-state index contributed by atoms with van der Waals surface area (Å²) in [5, 5.41) is 13.6. The van der Waals surface area contributed by atoms with Crippen molar-refractivity contribution >= 4 is 5.91 Å². The van der Waals surface area contributed by atoms with Crippen LogP contribution in [0.3, 0.4) is 0 Å². The first-order valence-corrected chi connectivity index (χ1v) is 8.36. The molecule has 1 aromatic rings. The average molecular weight is 302 g/mol. The molecule has 0 radical (unpaired) electrons. The van der Waals surface area contributed by atoms with E-state index in [1.165, 1.54) is 5.56 Å². The predicted molar refractivity (Wildman–Crippen MR) is 86.5 cm³/mol. The van der Waals surface area contributed by atoms with Crippen molar-refractivity contribution in [3.63, 3.8) is 0 Å². The van der Waals surface area contributed by atoms with Crippen LogP contribution >= 0.6 is 0 Å². The molecule has 3 rings (SSSR count). The van der Waals surface area contributed by atoms with Crippen molar-refractivity contribution in [1.82, 2.24) is 10.2 Å². The summed E-state index contributed by atoms with van der Waals surface area (Å²) in [6.07, 6.45) is 2.30. The summed E-state index contributed by atoms with van der Waals surface area (Å²) in [7, 11) is 0. The smallest absolute Gasteiger partial charge is 0.223 e. The van der Waals surface area contributed by atoms with Crippen molar-refractivity contribution < 1.29 is 9.90 Å². The van der Waals surface area contributed by atoms with Crippen LogP contribution in [0.5, 0.6) is 0 Å². The monoisotopic (exact) mass is 302 g/mol. The molecule has 1 fully saturated rings. The first-order chi connectivity index (χ1) is 10.6. The fourth-order valence-corrected chi connectivity index (χ4v) is 3.78. The molecular formula is C18H26N2O2. The van der Waals surface area contributed by atoms with Gasteiger partial charge in [0.1, 0.15) is 0 Å². The Morgan fingerprint density at radius 1 is 1.27 bits per heavy atom. The van der Waals surface area contributed by atoms with Crippen molar-refractivity contribution in [1.29, 1.82) is 0 Å². The molecular weight excluding hydrogens is 276 g/mol. The van der Waals surface area contributed by atoms with E-state index >= 15 is 0 Å². The lowest BCUT2D eigenvalue weighted by Gasteiger charge is -2.37. The third-order valence-corrected chi connectivity index (χ3v) is 4.97. The minimum absolute atomic E-state index is 0.125. The van der Waals surface area contributed by atoms with Crippen LogP contribution in [0.4, 0.5) is 0 Å². The number of fused-ring (bicyclic) bond motifs is 1. The minimum Gasteiger partial charge on any atom is -0.387 e. The molecule has 1 heterocycles. The number of aliphatic hydroxyl groups excluding tert-OH is 1. The summed E-state index contributed by atoms with van der Waals surface area (Å²) in [6.45, 7) is 5.79. The molecule has 1 aliphatic heterocycles. The van der Waals surface area contributed by atoms with E-state index in [1.807, 2.05) is 32.0 Å². The summed E-state index contributed by atoms with van der Waals surface area (Å²) >= 11 is 0. The van der Waals surface area contributed by atoms with Gasteiger partial charge in [-0.05, 0) is 57.3 Å². The van der Waals surface area contributed by atoms with Crippen LogP contribution in [0.2, 0.25) is 0 Å². The predicted octanol–water partition coefficient (Wildman–Crippen LogP) is 1.88. The number of amides is 1. The van der Waals surface area contributed by atoms with Gasteiger partial charge < -0.3 is 10.4 Å². The summed E-state index contributed by atoms with van der Waals surface area (Å²) in [4.78, 5) is 14.5. The summed E-state index contributed by atoms with van der Waals surface area (Å²) in [5.74, 6) is 0.310. The molecule has 4 heteroatoms. The van der Waals surface area contributed by atoms with E-state index in [0.29, 0.717) is 0 Å². The van der Waals surface area contributed by atoms with Gasteiger partial charge in [-0.1, -0.05) is 24.3 Å². The fourth-order valence-electron chi connectivity index (χ4n) is 3.78. The Kier molecular flexibility index (Phi) is 4.50. The second-order valence-corrected chi connectivity index (χ2v) is 6.89. The highest BCUT2D eigenvalue weighted by atomic mass is 16.3. The second-order valence-electron chi connectivity index (χ2n) is 6.89. The highest BCUT2D eigenvalue weighted by Gasteiger charge is 2.37. The average Bonchev–Trinajstić information content (AvgIpc) is 2.84. The van der Waals surface area contributed by atoms with Gasteiger partial charge in [0.15, 0.2) is 0 Å². The number of nitrogens with one attached hydrogen (secondary N) is 1. The van der Waals surface area contributed by atoms with E-state index in [1.54, 1.807) is 0 Å². The zero-order valence-corrected chi connectivity index (χ0v) is 13.5. The molecule has 22 heavy (non-hydrogen) atoms. The Balaban J connectivity index is 1.58. The standard InChI is InChI=1S/C18H26N2O2/c1-12(2)19-18(22)13-7-9-20(10-8-13)16-11-14-5-3-4-6-15(14)17(16)21/h3-6,12-13,16-17,21H,7-11H2,1-2H3,(H,19,22). The summed E-state index contributed by atoms with van der Waals surface area (Å²) < 4.78 is 0. The van der Waals surface area contributed by atoms with Gasteiger partial charge in [-0.25, -0.2) is 0 Å². The number of rotatable bonds is 3. The molecule has 0 spiro atoms. The zero-order chi connectivity index (χ0) is 15.7. The van der Waals surface area contributed by atoms with Crippen LogP contribution in [-0.4, -0.2) is 41.1 Å². The second kappa shape index (κ2) is 6.39. The Hall–Kier alpha value is -1.39. The van der Waals surface area contributed by atoms with E-state index in [9.17, 15) is 9.90 Å². The normalized spacial score (nSPS) is 26.2. The van der Waals surface area contributed by atoms with E-state index in [0.717, 1.165) is 37.9 Å². The van der Waals surface area contributed by atoms with Crippen LogP contribution in [-0.2, 0) is 11.2 Å². The van der Waals surface area contributed by atoms with Crippen LogP contribution in [0.25, 0.3) is 0 Å². The van der Waals surface area contributed by atoms with E-state index in [2.05, 4.69) is 16.3 Å². The highest BCUT2D eigenvalue weighted by molar-refractivity contribution is 5.79. The van der Waals surface area contributed by atoms with Crippen LogP contribution in [0, 0.1) is 5.92 Å². The molecule has 2 atom stereocenters. The molecule has 1 aliphatic carbocycles. The van der Waals surface area contributed by atoms with Gasteiger partial charge >= 0.3 is 0 Å². The van der Waals surface area contributed by atoms with Crippen LogP contribution < -0.4 is 5.32 Å². The molecule has 2 N–H and O–H groups in total. The quantitative estimate of drug-likeness (QED) is 0.896. The number of carbonyl (C=O) groups is 1. The van der Waals surface area contributed by atoms with Crippen molar-refractivity contribution in [3.05, 3.63) is 35.4 Å². The summed E-state index contributed by atoms with van der Waals surface area (Å²) in [5.41, 5.74) is 2.34. The van der Waals surface area contributed by atoms with E-state index in [-0.39, 0.29) is 23.9 Å². The van der Waals surface area contributed by atoms with E-state index in [4.69, 9.17) is 0 Å². The lowest BCUT2D eigenvalue weighted by Crippen LogP contribution is -2.47. The molecule has 0 bridgehead atoms. The van der Waals surface area contributed by atoms with Gasteiger partial charge in [-0.3, -0.25) is 9.69 Å². The van der Waals surface area contributed by atoms with E-state index < -0.39 is 6.10 Å². The number of benzene rings is 1. The maximum absolute atomic E-state index is 12.1. The van der Waals surface area contributed by atoms with Crippen molar-refractivity contribution in [2.75, 3.05) is 13.1 Å². The minimum atomic E-state index is -0.391. The molecule has 1 aromatic carbocycles. The number of hydrogen-bond acceptors (Lipinski definition) is 3. The van der Waals surface area contributed by atoms with Gasteiger partial charge in [0.25, 0.3) is 0 Å². The topological polar surface area (TPSA) is 52.6 Å². The molecule has 1 saturated heterocycles. The van der Waals surface area contributed by atoms with Gasteiger partial charge in [-0.15, -0.1) is 0 Å². The fraction of sp³-hybridized carbons (Fsp3) is 0.611. The largest absolute Gasteiger partial charge is 0.387 e. The molecule has 2 unspecified atom stereocenters. The Morgan fingerprint density at radius 3 is 2.59 bits per heavy atom. The highest BCUT2D eigenvalue weighted by Crippen LogP contribution is 2.35. The van der Waals surface area contributed by atoms with Crippen molar-refractivity contribution in [3.8, 4) is 0 Å². The third kappa shape index (κ3) is 3.03. The number of likely N-dealkylation sites (tertiary alicyclic amines) is 1. The first kappa shape index (κ1) is 15.5. The molecule has 2 aliphatic rings. The Labute approximate surface area is 132 Å². The van der Waals surface area contributed by atoms with Gasteiger partial charge in [0, 0.05) is 18.0 Å². The lowest BCUT2D eigenvalue weighted by molar-refractivity contribution is -0.127. The Morgan fingerprint density at radius 2 is 1.95 bits per heavy atom. The van der Waals surface area contributed by atoms with Gasteiger partial charge in [-0.2, -0.15) is 0 Å². The Bertz CT molecular complexity index is 536. The first-order valence-electron chi connectivity index (χ1n) is 8.36. The third-order valence-electron chi connectivity index (χ3n) is 4.97. The van der Waals surface area contributed by atoms with Crippen molar-refractivity contribution in [2.24, 2.45) is 5.92 Å². The number of piperidine rings is 1. The van der Waals surface area contributed by atoms with Crippen LogP contribution in [0.15, 0.2) is 24.3 Å². The number of carbonyl (C=O) groups excluding carboxylic acids is 1. The number of aliphatic hydroxyl groups is 1. The van der Waals surface area contributed by atoms with Gasteiger partial charge in [0.05, 0.1) is 6.10 Å². The number of hydrogen-bond donors (Lipinski definition) is 2. The number of nitrogens with zero attached hydrogens (tertiary/aromatic N) is 1. The molecule has 0 saturated carbocycles. The lowest BCUT2D eigenvalue weighted by atomic mass is 9.94. The molecule has 1 amide bonds. The van der Waals surface area contributed by atoms with Crippen molar-refractivity contribution in [2.45, 2.75) is 51.3 Å². The maximum Gasteiger partial charge on any atom is 0.223 e. The maximum atomic E-state index is 12.1. The SMILES string of the molecule is CC(C)NC(=O)C1CCN(C2Cc3ccccc3C2O)CC1. The summed E-state index contributed by atoms with van der Waals surface area (Å²) in [6, 6.07) is 8.55. The molecule has 0 aromatic heterocycles. The van der Waals surface area contributed by atoms with Gasteiger partial charge in [0.2, 0.25) is 5.91 Å². The molecule has 120 valence electrons.